The van der Waals surface area contributed by atoms with Crippen molar-refractivity contribution in [3.8, 4) is 0 Å². The maximum absolute atomic E-state index is 11.8. The van der Waals surface area contributed by atoms with Crippen LogP contribution in [0.2, 0.25) is 0 Å². The van der Waals surface area contributed by atoms with Crippen LogP contribution in [0, 0.1) is 0 Å². The second-order valence-electron chi connectivity index (χ2n) is 3.14. The number of carbonyl (C=O) groups excluding carboxylic acids is 1. The predicted molar refractivity (Wildman–Crippen MR) is 66.8 cm³/mol. The number of aromatic carboxylic acids is 1. The lowest BCUT2D eigenvalue weighted by molar-refractivity contribution is -0.0327. The Labute approximate surface area is 114 Å². The smallest absolute Gasteiger partial charge is 0.441 e. The average molecular weight is 314 g/mol. The first-order valence-electron chi connectivity index (χ1n) is 4.86. The van der Waals surface area contributed by atoms with E-state index in [2.05, 4.69) is 10.6 Å². The Morgan fingerprint density at radius 2 is 2.11 bits per heavy atom. The van der Waals surface area contributed by atoms with Crippen LogP contribution in [0.15, 0.2) is 11.4 Å². The van der Waals surface area contributed by atoms with E-state index in [1.807, 2.05) is 0 Å². The Balaban J connectivity index is 2.35. The van der Waals surface area contributed by atoms with Crippen molar-refractivity contribution in [3.63, 3.8) is 0 Å². The number of thiophene rings is 1. The monoisotopic (exact) mass is 314 g/mol. The highest BCUT2D eigenvalue weighted by molar-refractivity contribution is 8.00. The molecule has 0 aliphatic carbocycles. The lowest BCUT2D eigenvalue weighted by Crippen LogP contribution is -2.31. The Hall–Kier alpha value is -1.42. The van der Waals surface area contributed by atoms with E-state index in [0.29, 0.717) is 0 Å². The SMILES string of the molecule is O=C(NCCSC(F)(F)F)Nc1sccc1C(=O)O. The summed E-state index contributed by atoms with van der Waals surface area (Å²) in [5.74, 6) is -1.50. The zero-order chi connectivity index (χ0) is 14.5. The zero-order valence-electron chi connectivity index (χ0n) is 9.28. The van der Waals surface area contributed by atoms with Crippen molar-refractivity contribution in [2.45, 2.75) is 5.51 Å². The summed E-state index contributed by atoms with van der Waals surface area (Å²) >= 11 is 0.769. The van der Waals surface area contributed by atoms with Crippen molar-refractivity contribution < 1.29 is 27.9 Å². The van der Waals surface area contributed by atoms with Gasteiger partial charge in [0.1, 0.15) is 5.00 Å². The number of halogens is 3. The fourth-order valence-corrected chi connectivity index (χ4v) is 2.26. The van der Waals surface area contributed by atoms with Crippen LogP contribution in [0.5, 0.6) is 0 Å². The van der Waals surface area contributed by atoms with Gasteiger partial charge >= 0.3 is 17.5 Å². The molecule has 19 heavy (non-hydrogen) atoms. The molecule has 3 N–H and O–H groups in total. The van der Waals surface area contributed by atoms with Gasteiger partial charge in [0.2, 0.25) is 0 Å². The van der Waals surface area contributed by atoms with Crippen LogP contribution in [0.3, 0.4) is 0 Å². The molecule has 0 aliphatic heterocycles. The quantitative estimate of drug-likeness (QED) is 0.730. The van der Waals surface area contributed by atoms with Gasteiger partial charge in [0.05, 0.1) is 5.56 Å². The number of alkyl halides is 3. The van der Waals surface area contributed by atoms with Crippen LogP contribution in [0.25, 0.3) is 0 Å². The number of carboxylic acids is 1. The van der Waals surface area contributed by atoms with E-state index in [4.69, 9.17) is 5.11 Å². The molecule has 0 aliphatic rings. The van der Waals surface area contributed by atoms with Gasteiger partial charge < -0.3 is 10.4 Å². The van der Waals surface area contributed by atoms with Gasteiger partial charge in [-0.05, 0) is 23.2 Å². The maximum Gasteiger partial charge on any atom is 0.441 e. The van der Waals surface area contributed by atoms with E-state index in [-0.39, 0.29) is 34.6 Å². The fraction of sp³-hybridized carbons (Fsp3) is 0.333. The molecule has 0 aromatic carbocycles. The Morgan fingerprint density at radius 3 is 2.68 bits per heavy atom. The predicted octanol–water partition coefficient (Wildman–Crippen LogP) is 2.82. The second-order valence-corrected chi connectivity index (χ2v) is 5.22. The van der Waals surface area contributed by atoms with Crippen LogP contribution in [-0.2, 0) is 0 Å². The highest BCUT2D eigenvalue weighted by atomic mass is 32.2. The molecule has 106 valence electrons. The molecular weight excluding hydrogens is 305 g/mol. The van der Waals surface area contributed by atoms with Crippen LogP contribution < -0.4 is 10.6 Å². The summed E-state index contributed by atoms with van der Waals surface area (Å²) in [6.45, 7) is -0.177. The minimum Gasteiger partial charge on any atom is -0.478 e. The molecule has 0 radical (unpaired) electrons. The first-order valence-corrected chi connectivity index (χ1v) is 6.72. The van der Waals surface area contributed by atoms with E-state index in [1.165, 1.54) is 11.4 Å². The third-order valence-electron chi connectivity index (χ3n) is 1.78. The van der Waals surface area contributed by atoms with E-state index in [9.17, 15) is 22.8 Å². The summed E-state index contributed by atoms with van der Waals surface area (Å²) in [6, 6.07) is 0.579. The van der Waals surface area contributed by atoms with Crippen molar-refractivity contribution in [2.75, 3.05) is 17.6 Å². The number of hydrogen-bond donors (Lipinski definition) is 3. The molecule has 0 spiro atoms. The minimum absolute atomic E-state index is 0.0650. The highest BCUT2D eigenvalue weighted by Crippen LogP contribution is 2.29. The highest BCUT2D eigenvalue weighted by Gasteiger charge is 2.27. The summed E-state index contributed by atoms with van der Waals surface area (Å²) in [4.78, 5) is 22.1. The number of urea groups is 1. The fourth-order valence-electron chi connectivity index (χ4n) is 1.05. The molecule has 1 heterocycles. The van der Waals surface area contributed by atoms with Gasteiger partial charge in [-0.1, -0.05) is 0 Å². The Bertz CT molecular complexity index is 462. The third-order valence-corrected chi connectivity index (χ3v) is 3.34. The van der Waals surface area contributed by atoms with E-state index in [0.717, 1.165) is 11.3 Å². The van der Waals surface area contributed by atoms with Crippen molar-refractivity contribution in [1.29, 1.82) is 0 Å². The van der Waals surface area contributed by atoms with Crippen molar-refractivity contribution >= 4 is 40.1 Å². The number of rotatable bonds is 5. The van der Waals surface area contributed by atoms with Gasteiger partial charge in [-0.2, -0.15) is 13.2 Å². The molecule has 0 bridgehead atoms. The lowest BCUT2D eigenvalue weighted by atomic mass is 10.3. The molecule has 0 fully saturated rings. The van der Waals surface area contributed by atoms with Gasteiger partial charge in [0, 0.05) is 12.3 Å². The van der Waals surface area contributed by atoms with Gasteiger partial charge in [0.15, 0.2) is 0 Å². The van der Waals surface area contributed by atoms with Gasteiger partial charge in [-0.3, -0.25) is 5.32 Å². The second kappa shape index (κ2) is 6.66. The normalized spacial score (nSPS) is 11.1. The first-order chi connectivity index (χ1) is 8.79. The molecule has 5 nitrogen and oxygen atoms in total. The molecule has 0 atom stereocenters. The van der Waals surface area contributed by atoms with Crippen LogP contribution >= 0.6 is 23.1 Å². The number of amides is 2. The summed E-state index contributed by atoms with van der Waals surface area (Å²) in [5.41, 5.74) is -4.40. The third kappa shape index (κ3) is 5.83. The number of carbonyl (C=O) groups is 2. The topological polar surface area (TPSA) is 78.4 Å². The molecule has 10 heteroatoms. The van der Waals surface area contributed by atoms with Gasteiger partial charge in [0.25, 0.3) is 0 Å². The van der Waals surface area contributed by atoms with E-state index < -0.39 is 17.5 Å². The van der Waals surface area contributed by atoms with Crippen molar-refractivity contribution in [3.05, 3.63) is 17.0 Å². The number of thioether (sulfide) groups is 1. The summed E-state index contributed by atoms with van der Waals surface area (Å²) in [5, 5.41) is 14.9. The summed E-state index contributed by atoms with van der Waals surface area (Å²) in [7, 11) is 0. The standard InChI is InChI=1S/C9H9F3N2O3S2/c10-9(11,12)19-4-2-13-8(17)14-6-5(7(15)16)1-3-18-6/h1,3H,2,4H2,(H,15,16)(H2,13,14,17). The number of nitrogens with one attached hydrogen (secondary N) is 2. The van der Waals surface area contributed by atoms with Gasteiger partial charge in [-0.25, -0.2) is 9.59 Å². The largest absolute Gasteiger partial charge is 0.478 e. The molecular formula is C9H9F3N2O3S2. The molecule has 1 rings (SSSR count). The molecule has 0 unspecified atom stereocenters. The number of hydrogen-bond acceptors (Lipinski definition) is 4. The minimum atomic E-state index is -4.33. The number of anilines is 1. The maximum atomic E-state index is 11.8. The summed E-state index contributed by atoms with van der Waals surface area (Å²) < 4.78 is 35.4. The average Bonchev–Trinajstić information content (AvgIpc) is 2.71. The molecule has 0 saturated heterocycles. The Morgan fingerprint density at radius 1 is 1.42 bits per heavy atom. The zero-order valence-corrected chi connectivity index (χ0v) is 10.9. The Kier molecular flexibility index (Phi) is 5.48. The van der Waals surface area contributed by atoms with Crippen LogP contribution in [0.4, 0.5) is 23.0 Å². The van der Waals surface area contributed by atoms with Gasteiger partial charge in [-0.15, -0.1) is 11.3 Å². The lowest BCUT2D eigenvalue weighted by Gasteiger charge is -2.08. The van der Waals surface area contributed by atoms with Crippen molar-refractivity contribution in [1.82, 2.24) is 5.32 Å². The molecule has 1 aromatic rings. The molecule has 1 aromatic heterocycles. The molecule has 2 amide bonds. The first kappa shape index (κ1) is 15.6. The van der Waals surface area contributed by atoms with E-state index >= 15 is 0 Å². The van der Waals surface area contributed by atoms with Crippen LogP contribution in [-0.4, -0.2) is 34.9 Å². The van der Waals surface area contributed by atoms with Crippen molar-refractivity contribution in [2.24, 2.45) is 0 Å². The molecule has 0 saturated carbocycles. The van der Waals surface area contributed by atoms with E-state index in [1.54, 1.807) is 0 Å². The number of carboxylic acid groups (broad SMARTS) is 1. The van der Waals surface area contributed by atoms with Crippen LogP contribution in [0.1, 0.15) is 10.4 Å². The summed E-state index contributed by atoms with van der Waals surface area (Å²) in [6.07, 6.45) is 0.